The Hall–Kier alpha value is -1.17. The molecule has 0 spiro atoms. The molecule has 1 saturated carbocycles. The summed E-state index contributed by atoms with van der Waals surface area (Å²) < 4.78 is 0.387. The summed E-state index contributed by atoms with van der Waals surface area (Å²) >= 11 is 1.94. The number of thioether (sulfide) groups is 1. The van der Waals surface area contributed by atoms with E-state index in [1.165, 1.54) is 19.3 Å². The quantitative estimate of drug-likeness (QED) is 0.733. The predicted molar refractivity (Wildman–Crippen MR) is 79.2 cm³/mol. The van der Waals surface area contributed by atoms with Crippen molar-refractivity contribution >= 4 is 29.3 Å². The van der Waals surface area contributed by atoms with Crippen molar-refractivity contribution in [1.82, 2.24) is 9.97 Å². The summed E-state index contributed by atoms with van der Waals surface area (Å²) in [5, 5.41) is 6.54. The van der Waals surface area contributed by atoms with Crippen molar-refractivity contribution < 1.29 is 0 Å². The van der Waals surface area contributed by atoms with Crippen molar-refractivity contribution in [1.29, 1.82) is 0 Å². The first-order valence-corrected chi connectivity index (χ1v) is 7.57. The molecular formula is C12H21N5S. The first-order chi connectivity index (χ1) is 8.67. The van der Waals surface area contributed by atoms with Crippen molar-refractivity contribution in [3.05, 3.63) is 6.07 Å². The van der Waals surface area contributed by atoms with Crippen LogP contribution in [0.3, 0.4) is 0 Å². The summed E-state index contributed by atoms with van der Waals surface area (Å²) in [6.07, 6.45) is 6.07. The highest BCUT2D eigenvalue weighted by molar-refractivity contribution is 8.00. The lowest BCUT2D eigenvalue weighted by Gasteiger charge is -2.40. The monoisotopic (exact) mass is 267 g/mol. The Labute approximate surface area is 112 Å². The fourth-order valence-electron chi connectivity index (χ4n) is 2.10. The van der Waals surface area contributed by atoms with Crippen LogP contribution in [0.15, 0.2) is 6.07 Å². The van der Waals surface area contributed by atoms with Crippen LogP contribution in [-0.4, -0.2) is 34.1 Å². The third-order valence-corrected chi connectivity index (χ3v) is 4.81. The second-order valence-electron chi connectivity index (χ2n) is 4.62. The molecule has 18 heavy (non-hydrogen) atoms. The summed E-state index contributed by atoms with van der Waals surface area (Å²) in [5.41, 5.74) is 5.70. The number of nitrogen functional groups attached to an aromatic ring is 1. The molecule has 4 N–H and O–H groups in total. The molecule has 2 rings (SSSR count). The fourth-order valence-corrected chi connectivity index (χ4v) is 3.02. The Kier molecular flexibility index (Phi) is 4.16. The minimum absolute atomic E-state index is 0.308. The minimum atomic E-state index is 0.308. The highest BCUT2D eigenvalue weighted by Gasteiger charge is 2.35. The van der Waals surface area contributed by atoms with E-state index in [9.17, 15) is 0 Å². The Balaban J connectivity index is 2.00. The van der Waals surface area contributed by atoms with Crippen molar-refractivity contribution in [2.24, 2.45) is 0 Å². The average molecular weight is 267 g/mol. The van der Waals surface area contributed by atoms with Crippen LogP contribution in [0.25, 0.3) is 0 Å². The lowest BCUT2D eigenvalue weighted by atomic mass is 9.84. The van der Waals surface area contributed by atoms with Gasteiger partial charge < -0.3 is 16.4 Å². The largest absolute Gasteiger partial charge is 0.370 e. The van der Waals surface area contributed by atoms with Gasteiger partial charge in [0.05, 0.1) is 0 Å². The minimum Gasteiger partial charge on any atom is -0.370 e. The number of nitrogens with two attached hydrogens (primary N) is 1. The standard InChI is InChI=1S/C12H21N5S/c1-3-14-9-7-10(17-11(13)16-9)15-8-12(18-2)5-4-6-12/h7H,3-6,8H2,1-2H3,(H4,13,14,15,16,17). The second-order valence-corrected chi connectivity index (χ2v) is 5.90. The van der Waals surface area contributed by atoms with Crippen molar-refractivity contribution in [2.45, 2.75) is 30.9 Å². The number of hydrogen-bond donors (Lipinski definition) is 3. The third kappa shape index (κ3) is 2.98. The molecule has 1 aliphatic rings. The molecule has 0 radical (unpaired) electrons. The number of nitrogens with one attached hydrogen (secondary N) is 2. The molecule has 100 valence electrons. The molecule has 1 aromatic heterocycles. The van der Waals surface area contributed by atoms with Gasteiger partial charge in [-0.2, -0.15) is 21.7 Å². The van der Waals surface area contributed by atoms with Gasteiger partial charge in [0, 0.05) is 23.9 Å². The van der Waals surface area contributed by atoms with E-state index >= 15 is 0 Å². The Morgan fingerprint density at radius 1 is 1.33 bits per heavy atom. The van der Waals surface area contributed by atoms with Crippen LogP contribution in [-0.2, 0) is 0 Å². The molecule has 0 unspecified atom stereocenters. The molecule has 0 aliphatic heterocycles. The molecule has 0 amide bonds. The summed E-state index contributed by atoms with van der Waals surface area (Å²) in [6, 6.07) is 1.91. The Bertz CT molecular complexity index is 400. The van der Waals surface area contributed by atoms with E-state index < -0.39 is 0 Å². The van der Waals surface area contributed by atoms with Crippen molar-refractivity contribution in [2.75, 3.05) is 35.7 Å². The lowest BCUT2D eigenvalue weighted by molar-refractivity contribution is 0.379. The summed E-state index contributed by atoms with van der Waals surface area (Å²) in [5.74, 6) is 1.89. The molecule has 1 aromatic rings. The molecule has 1 fully saturated rings. The molecular weight excluding hydrogens is 246 g/mol. The topological polar surface area (TPSA) is 75.9 Å². The SMILES string of the molecule is CCNc1cc(NCC2(SC)CCC2)nc(N)n1. The van der Waals surface area contributed by atoms with Gasteiger partial charge in [0.2, 0.25) is 5.95 Å². The smallest absolute Gasteiger partial charge is 0.223 e. The number of aromatic nitrogens is 2. The van der Waals surface area contributed by atoms with Gasteiger partial charge in [-0.3, -0.25) is 0 Å². The van der Waals surface area contributed by atoms with Crippen molar-refractivity contribution in [3.8, 4) is 0 Å². The maximum absolute atomic E-state index is 5.70. The number of hydrogen-bond acceptors (Lipinski definition) is 6. The van der Waals surface area contributed by atoms with Crippen LogP contribution in [0.4, 0.5) is 17.6 Å². The zero-order valence-corrected chi connectivity index (χ0v) is 11.8. The van der Waals surface area contributed by atoms with E-state index in [-0.39, 0.29) is 0 Å². The van der Waals surface area contributed by atoms with E-state index in [0.717, 1.165) is 24.7 Å². The van der Waals surface area contributed by atoms with Gasteiger partial charge in [-0.25, -0.2) is 0 Å². The van der Waals surface area contributed by atoms with Crippen LogP contribution < -0.4 is 16.4 Å². The summed E-state index contributed by atoms with van der Waals surface area (Å²) in [6.45, 7) is 3.79. The normalized spacial score (nSPS) is 17.0. The van der Waals surface area contributed by atoms with E-state index in [0.29, 0.717) is 10.7 Å². The maximum atomic E-state index is 5.70. The highest BCUT2D eigenvalue weighted by Crippen LogP contribution is 2.42. The average Bonchev–Trinajstić information content (AvgIpc) is 2.28. The molecule has 0 atom stereocenters. The van der Waals surface area contributed by atoms with Gasteiger partial charge in [0.25, 0.3) is 0 Å². The highest BCUT2D eigenvalue weighted by atomic mass is 32.2. The molecule has 0 bridgehead atoms. The van der Waals surface area contributed by atoms with E-state index in [4.69, 9.17) is 5.73 Å². The van der Waals surface area contributed by atoms with Crippen LogP contribution in [0.5, 0.6) is 0 Å². The molecule has 1 aliphatic carbocycles. The maximum Gasteiger partial charge on any atom is 0.223 e. The first kappa shape index (κ1) is 13.3. The summed E-state index contributed by atoms with van der Waals surface area (Å²) in [4.78, 5) is 8.35. The summed E-state index contributed by atoms with van der Waals surface area (Å²) in [7, 11) is 0. The van der Waals surface area contributed by atoms with Crippen LogP contribution in [0, 0.1) is 0 Å². The van der Waals surface area contributed by atoms with Gasteiger partial charge in [-0.1, -0.05) is 6.42 Å². The first-order valence-electron chi connectivity index (χ1n) is 6.35. The second kappa shape index (κ2) is 5.65. The van der Waals surface area contributed by atoms with Crippen LogP contribution in [0.1, 0.15) is 26.2 Å². The third-order valence-electron chi connectivity index (χ3n) is 3.39. The van der Waals surface area contributed by atoms with Gasteiger partial charge in [0.15, 0.2) is 0 Å². The number of nitrogens with zero attached hydrogens (tertiary/aromatic N) is 2. The van der Waals surface area contributed by atoms with Gasteiger partial charge in [-0.15, -0.1) is 0 Å². The van der Waals surface area contributed by atoms with Crippen molar-refractivity contribution in [3.63, 3.8) is 0 Å². The fraction of sp³-hybridized carbons (Fsp3) is 0.667. The zero-order valence-electron chi connectivity index (χ0n) is 11.0. The predicted octanol–water partition coefficient (Wildman–Crippen LogP) is 2.19. The number of rotatable bonds is 6. The van der Waals surface area contributed by atoms with Crippen LogP contribution >= 0.6 is 11.8 Å². The van der Waals surface area contributed by atoms with Gasteiger partial charge in [-0.05, 0) is 26.0 Å². The molecule has 0 saturated heterocycles. The molecule has 0 aromatic carbocycles. The molecule has 6 heteroatoms. The number of anilines is 3. The van der Waals surface area contributed by atoms with Crippen LogP contribution in [0.2, 0.25) is 0 Å². The van der Waals surface area contributed by atoms with E-state index in [2.05, 4.69) is 26.9 Å². The van der Waals surface area contributed by atoms with E-state index in [1.54, 1.807) is 0 Å². The van der Waals surface area contributed by atoms with Gasteiger partial charge >= 0.3 is 0 Å². The zero-order chi connectivity index (χ0) is 13.0. The molecule has 1 heterocycles. The van der Waals surface area contributed by atoms with E-state index in [1.807, 2.05) is 24.8 Å². The Morgan fingerprint density at radius 3 is 2.50 bits per heavy atom. The lowest BCUT2D eigenvalue weighted by Crippen LogP contribution is -2.40. The molecule has 5 nitrogen and oxygen atoms in total. The Morgan fingerprint density at radius 2 is 2.00 bits per heavy atom. The van der Waals surface area contributed by atoms with Gasteiger partial charge in [0.1, 0.15) is 11.6 Å².